The zero-order chi connectivity index (χ0) is 27.2. The van der Waals surface area contributed by atoms with E-state index in [4.69, 9.17) is 14.2 Å². The average molecular weight is 526 g/mol. The maximum absolute atomic E-state index is 15.1. The van der Waals surface area contributed by atoms with Gasteiger partial charge in [0.15, 0.2) is 11.6 Å². The number of halogens is 2. The van der Waals surface area contributed by atoms with Crippen molar-refractivity contribution in [2.45, 2.75) is 51.6 Å². The van der Waals surface area contributed by atoms with E-state index < -0.39 is 35.5 Å². The molecule has 1 atom stereocenters. The molecule has 2 aromatic rings. The van der Waals surface area contributed by atoms with E-state index in [-0.39, 0.29) is 36.0 Å². The molecule has 1 unspecified atom stereocenters. The van der Waals surface area contributed by atoms with Gasteiger partial charge in [0.05, 0.1) is 22.6 Å². The van der Waals surface area contributed by atoms with Crippen molar-refractivity contribution in [3.63, 3.8) is 0 Å². The van der Waals surface area contributed by atoms with Crippen molar-refractivity contribution in [1.82, 2.24) is 5.32 Å². The number of ether oxygens (including phenoxy) is 3. The largest absolute Gasteiger partial charge is 0.459 e. The number of benzene rings is 2. The van der Waals surface area contributed by atoms with Gasteiger partial charge in [0.1, 0.15) is 19.3 Å². The van der Waals surface area contributed by atoms with Gasteiger partial charge in [-0.05, 0) is 57.7 Å². The molecule has 2 aliphatic rings. The molecule has 1 aliphatic heterocycles. The second-order valence-corrected chi connectivity index (χ2v) is 9.23. The van der Waals surface area contributed by atoms with Crippen molar-refractivity contribution in [3.05, 3.63) is 93.8 Å². The number of allylic oxidation sites excluding steroid dienone is 2. The normalized spacial score (nSPS) is 17.7. The highest BCUT2D eigenvalue weighted by molar-refractivity contribution is 6.00. The molecular formula is C29H29F2NO6. The van der Waals surface area contributed by atoms with E-state index in [1.54, 1.807) is 44.2 Å². The lowest BCUT2D eigenvalue weighted by Gasteiger charge is -2.31. The van der Waals surface area contributed by atoms with Gasteiger partial charge in [-0.3, -0.25) is 0 Å². The molecule has 200 valence electrons. The Morgan fingerprint density at radius 1 is 0.816 bits per heavy atom. The van der Waals surface area contributed by atoms with Crippen LogP contribution in [0.3, 0.4) is 0 Å². The van der Waals surface area contributed by atoms with Crippen molar-refractivity contribution >= 4 is 17.9 Å². The summed E-state index contributed by atoms with van der Waals surface area (Å²) in [5.41, 5.74) is 0.794. The third-order valence-corrected chi connectivity index (χ3v) is 6.63. The van der Waals surface area contributed by atoms with Crippen molar-refractivity contribution < 1.29 is 37.4 Å². The molecule has 0 radical (unpaired) electrons. The smallest absolute Gasteiger partial charge is 0.338 e. The van der Waals surface area contributed by atoms with Gasteiger partial charge in [-0.15, -0.1) is 0 Å². The van der Waals surface area contributed by atoms with Crippen LogP contribution in [0.5, 0.6) is 0 Å². The van der Waals surface area contributed by atoms with E-state index >= 15 is 4.39 Å². The number of hydrogen-bond acceptors (Lipinski definition) is 7. The van der Waals surface area contributed by atoms with Crippen LogP contribution in [0, 0.1) is 11.6 Å². The van der Waals surface area contributed by atoms with Crippen LogP contribution in [-0.2, 0) is 23.8 Å². The summed E-state index contributed by atoms with van der Waals surface area (Å²) in [4.78, 5) is 38.7. The lowest BCUT2D eigenvalue weighted by molar-refractivity contribution is -0.144. The van der Waals surface area contributed by atoms with E-state index in [2.05, 4.69) is 5.32 Å². The first-order valence-corrected chi connectivity index (χ1v) is 12.5. The van der Waals surface area contributed by atoms with Crippen molar-refractivity contribution in [3.8, 4) is 0 Å². The molecule has 1 N–H and O–H groups in total. The standard InChI is InChI=1S/C29H29F2NO6/c1-17-23(28(34)37-16-15-36-27(33)19-9-4-3-5-10-19)25(21-13-8-14-22(30)26(21)31)24(18(2)32-17)29(35)38-20-11-6-7-12-20/h3-5,8-10,13-14,20,25,32H,6-7,11-12,15-16H2,1-2H3. The molecule has 1 aliphatic carbocycles. The van der Waals surface area contributed by atoms with Crippen molar-refractivity contribution in [2.75, 3.05) is 13.2 Å². The summed E-state index contributed by atoms with van der Waals surface area (Å²) >= 11 is 0. The molecule has 1 saturated carbocycles. The summed E-state index contributed by atoms with van der Waals surface area (Å²) in [6.45, 7) is 2.70. The minimum Gasteiger partial charge on any atom is -0.459 e. The molecule has 9 heteroatoms. The highest BCUT2D eigenvalue weighted by atomic mass is 19.2. The maximum atomic E-state index is 15.1. The number of nitrogens with one attached hydrogen (secondary N) is 1. The Balaban J connectivity index is 1.56. The zero-order valence-corrected chi connectivity index (χ0v) is 21.2. The van der Waals surface area contributed by atoms with Gasteiger partial charge >= 0.3 is 17.9 Å². The van der Waals surface area contributed by atoms with Crippen LogP contribution >= 0.6 is 0 Å². The molecule has 0 spiro atoms. The van der Waals surface area contributed by atoms with Gasteiger partial charge in [0.2, 0.25) is 0 Å². The van der Waals surface area contributed by atoms with Crippen LogP contribution in [0.2, 0.25) is 0 Å². The minimum atomic E-state index is -1.26. The summed E-state index contributed by atoms with van der Waals surface area (Å²) in [7, 11) is 0. The zero-order valence-electron chi connectivity index (χ0n) is 21.2. The lowest BCUT2D eigenvalue weighted by atomic mass is 9.80. The highest BCUT2D eigenvalue weighted by Crippen LogP contribution is 2.41. The molecule has 4 rings (SSSR count). The van der Waals surface area contributed by atoms with E-state index in [0.717, 1.165) is 31.7 Å². The van der Waals surface area contributed by atoms with Crippen LogP contribution in [0.1, 0.15) is 61.4 Å². The highest BCUT2D eigenvalue weighted by Gasteiger charge is 2.40. The van der Waals surface area contributed by atoms with Gasteiger partial charge in [-0.1, -0.05) is 30.3 Å². The Morgan fingerprint density at radius 3 is 2.08 bits per heavy atom. The number of dihydropyridines is 1. The molecule has 0 bridgehead atoms. The average Bonchev–Trinajstić information content (AvgIpc) is 3.41. The topological polar surface area (TPSA) is 90.9 Å². The second kappa shape index (κ2) is 12.0. The van der Waals surface area contributed by atoms with Gasteiger partial charge in [0.25, 0.3) is 0 Å². The summed E-state index contributed by atoms with van der Waals surface area (Å²) < 4.78 is 45.5. The first kappa shape index (κ1) is 27.0. The molecule has 0 saturated heterocycles. The van der Waals surface area contributed by atoms with Crippen molar-refractivity contribution in [1.29, 1.82) is 0 Å². The SMILES string of the molecule is CC1=C(C(=O)OCCOC(=O)c2ccccc2)C(c2cccc(F)c2F)C(C(=O)OC2CCCC2)=C(C)N1. The number of carbonyl (C=O) groups excluding carboxylic acids is 3. The fraction of sp³-hybridized carbons (Fsp3) is 0.345. The first-order valence-electron chi connectivity index (χ1n) is 12.5. The first-order chi connectivity index (χ1) is 18.3. The Hall–Kier alpha value is -4.01. The molecule has 1 heterocycles. The summed E-state index contributed by atoms with van der Waals surface area (Å²) in [6, 6.07) is 11.9. The Labute approximate surface area is 219 Å². The summed E-state index contributed by atoms with van der Waals surface area (Å²) in [6.07, 6.45) is 3.03. The Bertz CT molecular complexity index is 1280. The van der Waals surface area contributed by atoms with Crippen LogP contribution in [-0.4, -0.2) is 37.2 Å². The monoisotopic (exact) mass is 525 g/mol. The van der Waals surface area contributed by atoms with Crippen LogP contribution < -0.4 is 5.32 Å². The third kappa shape index (κ3) is 5.93. The number of carbonyl (C=O) groups is 3. The number of rotatable bonds is 8. The molecule has 0 aromatic heterocycles. The minimum absolute atomic E-state index is 0.00875. The predicted molar refractivity (Wildman–Crippen MR) is 134 cm³/mol. The Morgan fingerprint density at radius 2 is 1.42 bits per heavy atom. The lowest BCUT2D eigenvalue weighted by Crippen LogP contribution is -2.34. The summed E-state index contributed by atoms with van der Waals surface area (Å²) in [5.74, 6) is -5.69. The maximum Gasteiger partial charge on any atom is 0.338 e. The third-order valence-electron chi connectivity index (χ3n) is 6.63. The number of esters is 3. The predicted octanol–water partition coefficient (Wildman–Crippen LogP) is 5.09. The Kier molecular flexibility index (Phi) is 8.55. The fourth-order valence-corrected chi connectivity index (χ4v) is 4.81. The van der Waals surface area contributed by atoms with E-state index in [1.165, 1.54) is 12.1 Å². The van der Waals surface area contributed by atoms with Gasteiger partial charge < -0.3 is 19.5 Å². The van der Waals surface area contributed by atoms with Gasteiger partial charge in [0, 0.05) is 17.0 Å². The molecule has 2 aromatic carbocycles. The quantitative estimate of drug-likeness (QED) is 0.292. The van der Waals surface area contributed by atoms with Crippen LogP contribution in [0.4, 0.5) is 8.78 Å². The molecular weight excluding hydrogens is 496 g/mol. The number of hydrogen-bond donors (Lipinski definition) is 1. The van der Waals surface area contributed by atoms with E-state index in [0.29, 0.717) is 17.0 Å². The van der Waals surface area contributed by atoms with Crippen LogP contribution in [0.15, 0.2) is 71.1 Å². The van der Waals surface area contributed by atoms with Crippen molar-refractivity contribution in [2.24, 2.45) is 0 Å². The second-order valence-electron chi connectivity index (χ2n) is 9.23. The van der Waals surface area contributed by atoms with Gasteiger partial charge in [-0.25, -0.2) is 23.2 Å². The van der Waals surface area contributed by atoms with Crippen LogP contribution in [0.25, 0.3) is 0 Å². The van der Waals surface area contributed by atoms with E-state index in [9.17, 15) is 18.8 Å². The fourth-order valence-electron chi connectivity index (χ4n) is 4.81. The van der Waals surface area contributed by atoms with E-state index in [1.807, 2.05) is 0 Å². The molecule has 1 fully saturated rings. The molecule has 7 nitrogen and oxygen atoms in total. The van der Waals surface area contributed by atoms with Gasteiger partial charge in [-0.2, -0.15) is 0 Å². The summed E-state index contributed by atoms with van der Waals surface area (Å²) in [5, 5.41) is 2.99. The molecule has 0 amide bonds. The molecule has 38 heavy (non-hydrogen) atoms.